The number of carbonyl (C=O) groups excluding carboxylic acids is 2. The first-order valence-electron chi connectivity index (χ1n) is 9.37. The van der Waals surface area contributed by atoms with Crippen molar-refractivity contribution in [2.24, 2.45) is 0 Å². The molecule has 1 N–H and O–H groups in total. The fourth-order valence-electron chi connectivity index (χ4n) is 3.06. The molecule has 0 radical (unpaired) electrons. The van der Waals surface area contributed by atoms with E-state index >= 15 is 0 Å². The van der Waals surface area contributed by atoms with E-state index in [0.29, 0.717) is 56.4 Å². The number of anilines is 1. The predicted molar refractivity (Wildman–Crippen MR) is 105 cm³/mol. The van der Waals surface area contributed by atoms with E-state index in [1.807, 2.05) is 0 Å². The van der Waals surface area contributed by atoms with E-state index in [9.17, 15) is 9.59 Å². The molecule has 8 nitrogen and oxygen atoms in total. The highest BCUT2D eigenvalue weighted by Gasteiger charge is 2.23. The maximum atomic E-state index is 12.8. The summed E-state index contributed by atoms with van der Waals surface area (Å²) in [5.74, 6) is 0.432. The predicted octanol–water partition coefficient (Wildman–Crippen LogP) is 1.21. The quantitative estimate of drug-likeness (QED) is 0.723. The first-order chi connectivity index (χ1) is 13.7. The van der Waals surface area contributed by atoms with Gasteiger partial charge in [0.2, 0.25) is 5.95 Å². The first-order valence-corrected chi connectivity index (χ1v) is 9.37. The van der Waals surface area contributed by atoms with Gasteiger partial charge in [0.1, 0.15) is 0 Å². The second kappa shape index (κ2) is 9.80. The smallest absolute Gasteiger partial charge is 0.253 e. The summed E-state index contributed by atoms with van der Waals surface area (Å²) in [4.78, 5) is 37.5. The van der Waals surface area contributed by atoms with Crippen LogP contribution in [0.2, 0.25) is 0 Å². The molecule has 1 saturated heterocycles. The Labute approximate surface area is 164 Å². The third-order valence-corrected chi connectivity index (χ3v) is 4.58. The summed E-state index contributed by atoms with van der Waals surface area (Å²) < 4.78 is 4.97. The van der Waals surface area contributed by atoms with Crippen LogP contribution in [0.1, 0.15) is 27.1 Å². The van der Waals surface area contributed by atoms with Crippen molar-refractivity contribution in [1.82, 2.24) is 20.2 Å². The molecule has 8 heteroatoms. The Morgan fingerprint density at radius 1 is 1.07 bits per heavy atom. The Morgan fingerprint density at radius 3 is 2.50 bits per heavy atom. The van der Waals surface area contributed by atoms with Crippen LogP contribution in [0.15, 0.2) is 42.7 Å². The zero-order chi connectivity index (χ0) is 19.8. The van der Waals surface area contributed by atoms with Gasteiger partial charge in [0.25, 0.3) is 11.8 Å². The summed E-state index contributed by atoms with van der Waals surface area (Å²) in [6.07, 6.45) is 4.17. The molecule has 1 aliphatic rings. The largest absolute Gasteiger partial charge is 0.385 e. The number of carbonyl (C=O) groups is 2. The molecule has 1 aliphatic heterocycles. The lowest BCUT2D eigenvalue weighted by atomic mass is 10.1. The molecule has 2 amide bonds. The molecule has 0 aliphatic carbocycles. The van der Waals surface area contributed by atoms with Crippen molar-refractivity contribution in [3.8, 4) is 0 Å². The van der Waals surface area contributed by atoms with Gasteiger partial charge in [-0.25, -0.2) is 9.97 Å². The molecule has 2 aromatic rings. The van der Waals surface area contributed by atoms with Crippen LogP contribution in [0.3, 0.4) is 0 Å². The van der Waals surface area contributed by atoms with Crippen LogP contribution < -0.4 is 10.2 Å². The minimum absolute atomic E-state index is 0.0670. The van der Waals surface area contributed by atoms with Crippen LogP contribution in [0.25, 0.3) is 0 Å². The molecule has 1 aromatic heterocycles. The van der Waals surface area contributed by atoms with Crippen molar-refractivity contribution >= 4 is 17.8 Å². The van der Waals surface area contributed by atoms with E-state index in [1.165, 1.54) is 0 Å². The highest BCUT2D eigenvalue weighted by molar-refractivity contribution is 5.99. The van der Waals surface area contributed by atoms with Crippen molar-refractivity contribution in [2.75, 3.05) is 51.3 Å². The summed E-state index contributed by atoms with van der Waals surface area (Å²) in [5, 5.41) is 2.84. The van der Waals surface area contributed by atoms with E-state index < -0.39 is 0 Å². The molecule has 28 heavy (non-hydrogen) atoms. The zero-order valence-electron chi connectivity index (χ0n) is 16.0. The number of nitrogens with one attached hydrogen (secondary N) is 1. The molecule has 148 valence electrons. The monoisotopic (exact) mass is 383 g/mol. The van der Waals surface area contributed by atoms with E-state index in [-0.39, 0.29) is 11.8 Å². The van der Waals surface area contributed by atoms with Crippen LogP contribution >= 0.6 is 0 Å². The summed E-state index contributed by atoms with van der Waals surface area (Å²) in [6, 6.07) is 8.64. The Kier molecular flexibility index (Phi) is 6.91. The fraction of sp³-hybridized carbons (Fsp3) is 0.400. The lowest BCUT2D eigenvalue weighted by molar-refractivity contribution is 0.0746. The first kappa shape index (κ1) is 19.8. The topological polar surface area (TPSA) is 87.7 Å². The number of hydrogen-bond acceptors (Lipinski definition) is 6. The molecule has 0 atom stereocenters. The molecule has 1 fully saturated rings. The highest BCUT2D eigenvalue weighted by atomic mass is 16.5. The van der Waals surface area contributed by atoms with Gasteiger partial charge in [0, 0.05) is 70.0 Å². The van der Waals surface area contributed by atoms with Crippen LogP contribution in [-0.4, -0.2) is 73.1 Å². The Hall–Kier alpha value is -3.00. The van der Waals surface area contributed by atoms with Gasteiger partial charge in [-0.2, -0.15) is 0 Å². The number of aromatic nitrogens is 2. The van der Waals surface area contributed by atoms with Gasteiger partial charge >= 0.3 is 0 Å². The number of piperazine rings is 1. The molecular weight excluding hydrogens is 358 g/mol. The normalized spacial score (nSPS) is 14.0. The minimum Gasteiger partial charge on any atom is -0.385 e. The van der Waals surface area contributed by atoms with Crippen LogP contribution in [-0.2, 0) is 4.74 Å². The average molecular weight is 383 g/mol. The number of rotatable bonds is 7. The number of methoxy groups -OCH3 is 1. The lowest BCUT2D eigenvalue weighted by Gasteiger charge is -2.34. The fourth-order valence-corrected chi connectivity index (χ4v) is 3.06. The van der Waals surface area contributed by atoms with Crippen molar-refractivity contribution < 1.29 is 14.3 Å². The lowest BCUT2D eigenvalue weighted by Crippen LogP contribution is -2.49. The number of nitrogens with zero attached hydrogens (tertiary/aromatic N) is 4. The van der Waals surface area contributed by atoms with E-state index in [1.54, 1.807) is 54.7 Å². The molecule has 0 spiro atoms. The summed E-state index contributed by atoms with van der Waals surface area (Å²) in [7, 11) is 1.63. The van der Waals surface area contributed by atoms with Gasteiger partial charge in [-0.1, -0.05) is 6.07 Å². The van der Waals surface area contributed by atoms with Crippen LogP contribution in [0.5, 0.6) is 0 Å². The minimum atomic E-state index is -0.184. The maximum absolute atomic E-state index is 12.8. The number of ether oxygens (including phenoxy) is 1. The van der Waals surface area contributed by atoms with E-state index in [0.717, 1.165) is 6.42 Å². The van der Waals surface area contributed by atoms with Crippen LogP contribution in [0.4, 0.5) is 5.95 Å². The second-order valence-corrected chi connectivity index (χ2v) is 6.51. The highest BCUT2D eigenvalue weighted by Crippen LogP contribution is 2.14. The molecule has 2 heterocycles. The van der Waals surface area contributed by atoms with Crippen LogP contribution in [0, 0.1) is 0 Å². The van der Waals surface area contributed by atoms with Crippen molar-refractivity contribution in [1.29, 1.82) is 0 Å². The van der Waals surface area contributed by atoms with Gasteiger partial charge in [-0.3, -0.25) is 9.59 Å². The van der Waals surface area contributed by atoms with Crippen molar-refractivity contribution in [3.05, 3.63) is 53.9 Å². The molecule has 3 rings (SSSR count). The molecular formula is C20H25N5O3. The average Bonchev–Trinajstić information content (AvgIpc) is 2.77. The van der Waals surface area contributed by atoms with Crippen molar-refractivity contribution in [2.45, 2.75) is 6.42 Å². The Morgan fingerprint density at radius 2 is 1.79 bits per heavy atom. The molecule has 0 saturated carbocycles. The summed E-state index contributed by atoms with van der Waals surface area (Å²) in [5.41, 5.74) is 1.01. The number of amides is 2. The van der Waals surface area contributed by atoms with Gasteiger partial charge in [-0.15, -0.1) is 0 Å². The standard InChI is InChI=1S/C20H25N5O3/c1-28-14-4-9-21-18(26)16-5-2-6-17(15-16)19(27)24-10-12-25(13-11-24)20-22-7-3-8-23-20/h2-3,5-8,15H,4,9-14H2,1H3,(H,21,26). The zero-order valence-corrected chi connectivity index (χ0v) is 16.0. The SMILES string of the molecule is COCCCNC(=O)c1cccc(C(=O)N2CCN(c3ncccn3)CC2)c1. The van der Waals surface area contributed by atoms with Gasteiger partial charge in [0.15, 0.2) is 0 Å². The Balaban J connectivity index is 1.57. The number of hydrogen-bond donors (Lipinski definition) is 1. The Bertz CT molecular complexity index is 791. The van der Waals surface area contributed by atoms with E-state index in [2.05, 4.69) is 20.2 Å². The summed E-state index contributed by atoms with van der Waals surface area (Å²) in [6.45, 7) is 3.66. The van der Waals surface area contributed by atoms with E-state index in [4.69, 9.17) is 4.74 Å². The maximum Gasteiger partial charge on any atom is 0.253 e. The van der Waals surface area contributed by atoms with Gasteiger partial charge in [-0.05, 0) is 30.7 Å². The second-order valence-electron chi connectivity index (χ2n) is 6.51. The third kappa shape index (κ3) is 5.04. The van der Waals surface area contributed by atoms with Gasteiger partial charge < -0.3 is 19.9 Å². The molecule has 0 unspecified atom stereocenters. The van der Waals surface area contributed by atoms with Gasteiger partial charge in [0.05, 0.1) is 0 Å². The molecule has 1 aromatic carbocycles. The molecule has 0 bridgehead atoms. The third-order valence-electron chi connectivity index (χ3n) is 4.58. The number of benzene rings is 1. The van der Waals surface area contributed by atoms with Crippen molar-refractivity contribution in [3.63, 3.8) is 0 Å². The summed E-state index contributed by atoms with van der Waals surface area (Å²) >= 11 is 0.